The maximum atomic E-state index is 13.7. The van der Waals surface area contributed by atoms with Gasteiger partial charge in [-0.3, -0.25) is 4.79 Å². The quantitative estimate of drug-likeness (QED) is 0.936. The number of carbonyl (C=O) groups is 1. The van der Waals surface area contributed by atoms with E-state index in [-0.39, 0.29) is 11.6 Å². The normalized spacial score (nSPS) is 15.2. The Morgan fingerprint density at radius 3 is 2.55 bits per heavy atom. The predicted molar refractivity (Wildman–Crippen MR) is 78.9 cm³/mol. The van der Waals surface area contributed by atoms with Crippen molar-refractivity contribution >= 4 is 11.6 Å². The molecule has 3 rings (SSSR count). The summed E-state index contributed by atoms with van der Waals surface area (Å²) in [6.45, 7) is 0. The summed E-state index contributed by atoms with van der Waals surface area (Å²) in [5.74, 6) is -1.14. The van der Waals surface area contributed by atoms with Gasteiger partial charge >= 0.3 is 0 Å². The standard InChI is InChI=1S/C17H15F2NO2/c1-22-15-5-3-2-4-12(15)17(8-9-17)16(21)20-14-7-6-11(18)10-13(14)19/h2-7,10H,8-9H2,1H3,(H,20,21). The first kappa shape index (κ1) is 14.5. The summed E-state index contributed by atoms with van der Waals surface area (Å²) >= 11 is 0. The lowest BCUT2D eigenvalue weighted by atomic mass is 9.94. The third-order valence-corrected chi connectivity index (χ3v) is 3.99. The van der Waals surface area contributed by atoms with Gasteiger partial charge in [-0.2, -0.15) is 0 Å². The summed E-state index contributed by atoms with van der Waals surface area (Å²) in [7, 11) is 1.55. The van der Waals surface area contributed by atoms with Crippen LogP contribution in [0.15, 0.2) is 42.5 Å². The van der Waals surface area contributed by atoms with Crippen LogP contribution in [0.5, 0.6) is 5.75 Å². The van der Waals surface area contributed by atoms with Crippen LogP contribution in [0.1, 0.15) is 18.4 Å². The van der Waals surface area contributed by atoms with Crippen LogP contribution in [0.4, 0.5) is 14.5 Å². The van der Waals surface area contributed by atoms with Gasteiger partial charge in [-0.05, 0) is 31.0 Å². The van der Waals surface area contributed by atoms with E-state index >= 15 is 0 Å². The van der Waals surface area contributed by atoms with E-state index in [1.165, 1.54) is 6.07 Å². The minimum Gasteiger partial charge on any atom is -0.496 e. The fourth-order valence-electron chi connectivity index (χ4n) is 2.62. The Bertz CT molecular complexity index is 726. The number of anilines is 1. The van der Waals surface area contributed by atoms with Crippen LogP contribution < -0.4 is 10.1 Å². The van der Waals surface area contributed by atoms with E-state index in [2.05, 4.69) is 5.32 Å². The molecule has 1 aliphatic rings. The SMILES string of the molecule is COc1ccccc1C1(C(=O)Nc2ccc(F)cc2F)CC1. The van der Waals surface area contributed by atoms with Crippen molar-refractivity contribution in [2.24, 2.45) is 0 Å². The van der Waals surface area contributed by atoms with Crippen molar-refractivity contribution in [2.75, 3.05) is 12.4 Å². The minimum absolute atomic E-state index is 0.0208. The molecule has 0 heterocycles. The van der Waals surface area contributed by atoms with E-state index < -0.39 is 17.0 Å². The van der Waals surface area contributed by atoms with Gasteiger partial charge in [-0.15, -0.1) is 0 Å². The summed E-state index contributed by atoms with van der Waals surface area (Å²) in [6, 6.07) is 10.4. The highest BCUT2D eigenvalue weighted by molar-refractivity contribution is 6.02. The van der Waals surface area contributed by atoms with Crippen LogP contribution in [-0.2, 0) is 10.2 Å². The highest BCUT2D eigenvalue weighted by atomic mass is 19.1. The number of ether oxygens (including phenoxy) is 1. The molecule has 0 atom stereocenters. The molecule has 2 aromatic carbocycles. The third kappa shape index (κ3) is 2.43. The number of rotatable bonds is 4. The van der Waals surface area contributed by atoms with Gasteiger partial charge in [-0.1, -0.05) is 18.2 Å². The Labute approximate surface area is 126 Å². The second kappa shape index (κ2) is 5.40. The lowest BCUT2D eigenvalue weighted by molar-refractivity contribution is -0.118. The number of benzene rings is 2. The van der Waals surface area contributed by atoms with Crippen LogP contribution >= 0.6 is 0 Å². The second-order valence-corrected chi connectivity index (χ2v) is 5.36. The summed E-state index contributed by atoms with van der Waals surface area (Å²) in [4.78, 5) is 12.6. The molecule has 0 saturated heterocycles. The molecule has 3 nitrogen and oxygen atoms in total. The van der Waals surface area contributed by atoms with Crippen LogP contribution in [-0.4, -0.2) is 13.0 Å². The maximum absolute atomic E-state index is 13.7. The fourth-order valence-corrected chi connectivity index (χ4v) is 2.62. The number of carbonyl (C=O) groups excluding carboxylic acids is 1. The molecule has 1 N–H and O–H groups in total. The minimum atomic E-state index is -0.788. The van der Waals surface area contributed by atoms with Gasteiger partial charge in [0.25, 0.3) is 0 Å². The van der Waals surface area contributed by atoms with Crippen LogP contribution in [0.25, 0.3) is 0 Å². The monoisotopic (exact) mass is 303 g/mol. The van der Waals surface area contributed by atoms with Crippen LogP contribution in [0.2, 0.25) is 0 Å². The molecule has 0 radical (unpaired) electrons. The van der Waals surface area contributed by atoms with E-state index in [4.69, 9.17) is 4.74 Å². The third-order valence-electron chi connectivity index (χ3n) is 3.99. The van der Waals surface area contributed by atoms with Crippen molar-refractivity contribution in [2.45, 2.75) is 18.3 Å². The first-order valence-electron chi connectivity index (χ1n) is 6.97. The molecule has 0 bridgehead atoms. The zero-order chi connectivity index (χ0) is 15.7. The second-order valence-electron chi connectivity index (χ2n) is 5.36. The van der Waals surface area contributed by atoms with E-state index in [1.54, 1.807) is 13.2 Å². The number of methoxy groups -OCH3 is 1. The number of halogens is 2. The van der Waals surface area contributed by atoms with E-state index in [0.29, 0.717) is 18.6 Å². The molecule has 1 fully saturated rings. The predicted octanol–water partition coefficient (Wildman–Crippen LogP) is 3.64. The van der Waals surface area contributed by atoms with Crippen LogP contribution in [0, 0.1) is 11.6 Å². The first-order valence-corrected chi connectivity index (χ1v) is 6.97. The molecule has 1 aliphatic carbocycles. The Morgan fingerprint density at radius 1 is 1.18 bits per heavy atom. The molecule has 1 saturated carbocycles. The van der Waals surface area contributed by atoms with Crippen molar-refractivity contribution in [1.29, 1.82) is 0 Å². The number of amides is 1. The average molecular weight is 303 g/mol. The molecular weight excluding hydrogens is 288 g/mol. The molecule has 22 heavy (non-hydrogen) atoms. The Kier molecular flexibility index (Phi) is 3.56. The number of hydrogen-bond donors (Lipinski definition) is 1. The molecule has 1 amide bonds. The van der Waals surface area contributed by atoms with E-state index in [1.807, 2.05) is 18.2 Å². The fraction of sp³-hybridized carbons (Fsp3) is 0.235. The molecule has 0 spiro atoms. The molecule has 0 aliphatic heterocycles. The lowest BCUT2D eigenvalue weighted by Crippen LogP contribution is -2.28. The van der Waals surface area contributed by atoms with Crippen molar-refractivity contribution < 1.29 is 18.3 Å². The molecule has 114 valence electrons. The zero-order valence-corrected chi connectivity index (χ0v) is 12.0. The van der Waals surface area contributed by atoms with Crippen molar-refractivity contribution in [1.82, 2.24) is 0 Å². The molecule has 2 aromatic rings. The molecule has 5 heteroatoms. The summed E-state index contributed by atoms with van der Waals surface area (Å²) < 4.78 is 31.9. The Morgan fingerprint density at radius 2 is 1.91 bits per heavy atom. The lowest BCUT2D eigenvalue weighted by Gasteiger charge is -2.18. The largest absolute Gasteiger partial charge is 0.496 e. The summed E-state index contributed by atoms with van der Waals surface area (Å²) in [5, 5.41) is 2.55. The maximum Gasteiger partial charge on any atom is 0.235 e. The summed E-state index contributed by atoms with van der Waals surface area (Å²) in [6.07, 6.45) is 1.34. The van der Waals surface area contributed by atoms with Gasteiger partial charge in [0.1, 0.15) is 17.4 Å². The number of hydrogen-bond acceptors (Lipinski definition) is 2. The van der Waals surface area contributed by atoms with Gasteiger partial charge < -0.3 is 10.1 Å². The summed E-state index contributed by atoms with van der Waals surface area (Å²) in [5.41, 5.74) is 0.0676. The highest BCUT2D eigenvalue weighted by Gasteiger charge is 2.52. The van der Waals surface area contributed by atoms with Gasteiger partial charge in [0.15, 0.2) is 0 Å². The van der Waals surface area contributed by atoms with Crippen molar-refractivity contribution in [3.63, 3.8) is 0 Å². The van der Waals surface area contributed by atoms with Gasteiger partial charge in [-0.25, -0.2) is 8.78 Å². The topological polar surface area (TPSA) is 38.3 Å². The Balaban J connectivity index is 1.88. The van der Waals surface area contributed by atoms with Gasteiger partial charge in [0.05, 0.1) is 18.2 Å². The zero-order valence-electron chi connectivity index (χ0n) is 12.0. The van der Waals surface area contributed by atoms with Crippen molar-refractivity contribution in [3.8, 4) is 5.75 Å². The molecule has 0 unspecified atom stereocenters. The van der Waals surface area contributed by atoms with Crippen molar-refractivity contribution in [3.05, 3.63) is 59.7 Å². The highest BCUT2D eigenvalue weighted by Crippen LogP contribution is 2.52. The number of para-hydroxylation sites is 1. The smallest absolute Gasteiger partial charge is 0.235 e. The average Bonchev–Trinajstić information content (AvgIpc) is 3.31. The molecule has 0 aromatic heterocycles. The van der Waals surface area contributed by atoms with Crippen LogP contribution in [0.3, 0.4) is 0 Å². The van der Waals surface area contributed by atoms with E-state index in [0.717, 1.165) is 17.7 Å². The molecular formula is C17H15F2NO2. The first-order chi connectivity index (χ1) is 10.6. The number of nitrogens with one attached hydrogen (secondary N) is 1. The Hall–Kier alpha value is -2.43. The van der Waals surface area contributed by atoms with Gasteiger partial charge in [0.2, 0.25) is 5.91 Å². The van der Waals surface area contributed by atoms with Gasteiger partial charge in [0, 0.05) is 11.6 Å². The van der Waals surface area contributed by atoms with E-state index in [9.17, 15) is 13.6 Å².